The van der Waals surface area contributed by atoms with Gasteiger partial charge in [0, 0.05) is 36.2 Å². The summed E-state index contributed by atoms with van der Waals surface area (Å²) >= 11 is 0. The number of nitrogens with zero attached hydrogens (tertiary/aromatic N) is 2. The van der Waals surface area contributed by atoms with Gasteiger partial charge in [-0.2, -0.15) is 0 Å². The van der Waals surface area contributed by atoms with Crippen molar-refractivity contribution in [1.29, 1.82) is 0 Å². The highest BCUT2D eigenvalue weighted by Gasteiger charge is 2.15. The molecule has 4 heteroatoms. The summed E-state index contributed by atoms with van der Waals surface area (Å²) in [6.07, 6.45) is 6.14. The van der Waals surface area contributed by atoms with Gasteiger partial charge in [-0.05, 0) is 56.5 Å². The van der Waals surface area contributed by atoms with E-state index in [9.17, 15) is 0 Å². The maximum Gasteiger partial charge on any atom is 0.137 e. The Hall–Kier alpha value is -2.33. The first kappa shape index (κ1) is 17.0. The quantitative estimate of drug-likeness (QED) is 0.821. The lowest BCUT2D eigenvalue weighted by atomic mass is 9.99. The molecule has 2 aromatic rings. The fraction of sp³-hybridized carbons (Fsp3) is 0.316. The third-order valence-electron chi connectivity index (χ3n) is 4.03. The fourth-order valence-electron chi connectivity index (χ4n) is 2.39. The molecule has 2 N–H and O–H groups in total. The maximum absolute atomic E-state index is 8.24. The number of hydrogen-bond donors (Lipinski definition) is 2. The molecule has 23 heavy (non-hydrogen) atoms. The van der Waals surface area contributed by atoms with Crippen molar-refractivity contribution in [1.82, 2.24) is 14.9 Å². The minimum Gasteiger partial charge on any atom is -0.389 e. The molecule has 0 spiro atoms. The highest BCUT2D eigenvalue weighted by molar-refractivity contribution is 5.82. The molecule has 1 aliphatic heterocycles. The molecule has 0 amide bonds. The van der Waals surface area contributed by atoms with Crippen molar-refractivity contribution in [2.45, 2.75) is 33.3 Å². The summed E-state index contributed by atoms with van der Waals surface area (Å²) in [5.41, 5.74) is 6.20. The molecule has 1 aliphatic rings. The third kappa shape index (κ3) is 4.11. The Morgan fingerprint density at radius 1 is 1.43 bits per heavy atom. The number of rotatable bonds is 2. The first-order valence-corrected chi connectivity index (χ1v) is 7.77. The molecule has 0 aliphatic carbocycles. The van der Waals surface area contributed by atoms with Crippen LogP contribution in [0, 0.1) is 0 Å². The van der Waals surface area contributed by atoms with Crippen LogP contribution in [0.25, 0.3) is 16.6 Å². The van der Waals surface area contributed by atoms with Crippen LogP contribution in [0.1, 0.15) is 32.9 Å². The Morgan fingerprint density at radius 3 is 2.70 bits per heavy atom. The Kier molecular flexibility index (Phi) is 5.40. The van der Waals surface area contributed by atoms with Gasteiger partial charge in [-0.1, -0.05) is 6.08 Å². The van der Waals surface area contributed by atoms with Crippen molar-refractivity contribution >= 4 is 16.6 Å². The average Bonchev–Trinajstić information content (AvgIpc) is 2.96. The van der Waals surface area contributed by atoms with E-state index in [0.29, 0.717) is 0 Å². The van der Waals surface area contributed by atoms with Crippen LogP contribution in [0.15, 0.2) is 54.5 Å². The van der Waals surface area contributed by atoms with Crippen LogP contribution in [0.3, 0.4) is 0 Å². The van der Waals surface area contributed by atoms with Gasteiger partial charge in [-0.25, -0.2) is 4.98 Å². The maximum atomic E-state index is 8.24. The van der Waals surface area contributed by atoms with Gasteiger partial charge in [0.2, 0.25) is 0 Å². The monoisotopic (exact) mass is 311 g/mol. The average molecular weight is 311 g/mol. The van der Waals surface area contributed by atoms with E-state index < -0.39 is 0 Å². The molecule has 3 rings (SSSR count). The Morgan fingerprint density at radius 2 is 2.13 bits per heavy atom. The van der Waals surface area contributed by atoms with E-state index in [-0.39, 0.29) is 6.10 Å². The first-order valence-electron chi connectivity index (χ1n) is 7.77. The van der Waals surface area contributed by atoms with Gasteiger partial charge in [-0.3, -0.25) is 0 Å². The summed E-state index contributed by atoms with van der Waals surface area (Å²) in [4.78, 5) is 9.92. The number of aromatic nitrogens is 2. The van der Waals surface area contributed by atoms with Gasteiger partial charge in [0.25, 0.3) is 0 Å². The molecule has 2 aromatic heterocycles. The minimum absolute atomic E-state index is 0.352. The molecule has 4 nitrogen and oxygen atoms in total. The molecule has 0 aromatic carbocycles. The van der Waals surface area contributed by atoms with Crippen LogP contribution in [0.2, 0.25) is 0 Å². The lowest BCUT2D eigenvalue weighted by Crippen LogP contribution is -2.14. The predicted molar refractivity (Wildman–Crippen MR) is 96.7 cm³/mol. The minimum atomic E-state index is -0.352. The highest BCUT2D eigenvalue weighted by atomic mass is 16.3. The van der Waals surface area contributed by atoms with E-state index in [2.05, 4.69) is 60.7 Å². The first-order chi connectivity index (χ1) is 10.9. The number of nitrogens with one attached hydrogen (secondary N) is 1. The second kappa shape index (κ2) is 7.29. The zero-order valence-electron chi connectivity index (χ0n) is 14.3. The van der Waals surface area contributed by atoms with Crippen molar-refractivity contribution in [2.24, 2.45) is 0 Å². The zero-order chi connectivity index (χ0) is 17.0. The second-order valence-electron chi connectivity index (χ2n) is 5.91. The Labute approximate surface area is 137 Å². The van der Waals surface area contributed by atoms with Crippen LogP contribution in [0.5, 0.6) is 0 Å². The van der Waals surface area contributed by atoms with Crippen molar-refractivity contribution < 1.29 is 5.11 Å². The second-order valence-corrected chi connectivity index (χ2v) is 5.91. The van der Waals surface area contributed by atoms with E-state index in [1.54, 1.807) is 6.92 Å². The van der Waals surface area contributed by atoms with Gasteiger partial charge in [0.1, 0.15) is 5.65 Å². The van der Waals surface area contributed by atoms with Crippen LogP contribution in [-0.4, -0.2) is 33.1 Å². The zero-order valence-corrected chi connectivity index (χ0v) is 14.3. The normalized spacial score (nSPS) is 15.9. The Bertz CT molecular complexity index is 720. The van der Waals surface area contributed by atoms with Crippen LogP contribution in [-0.2, 0) is 0 Å². The summed E-state index contributed by atoms with van der Waals surface area (Å²) < 4.78 is 0. The van der Waals surface area contributed by atoms with E-state index in [4.69, 9.17) is 5.11 Å². The molecule has 1 unspecified atom stereocenters. The fourth-order valence-corrected chi connectivity index (χ4v) is 2.39. The van der Waals surface area contributed by atoms with Crippen molar-refractivity contribution in [3.8, 4) is 0 Å². The molecule has 0 fully saturated rings. The number of H-pyrrole nitrogens is 1. The summed E-state index contributed by atoms with van der Waals surface area (Å²) in [5, 5.41) is 9.41. The van der Waals surface area contributed by atoms with Gasteiger partial charge >= 0.3 is 0 Å². The van der Waals surface area contributed by atoms with Gasteiger partial charge < -0.3 is 15.0 Å². The summed E-state index contributed by atoms with van der Waals surface area (Å²) in [5.74, 6) is 0. The Balaban J connectivity index is 0.000000338. The smallest absolute Gasteiger partial charge is 0.137 e. The number of allylic oxidation sites excluding steroid dienone is 3. The van der Waals surface area contributed by atoms with E-state index >= 15 is 0 Å². The number of aliphatic hydroxyl groups is 1. The lowest BCUT2D eigenvalue weighted by Gasteiger charge is -2.25. The number of fused-ring (bicyclic) bond motifs is 1. The molecule has 122 valence electrons. The van der Waals surface area contributed by atoms with Crippen molar-refractivity contribution in [3.05, 3.63) is 60.2 Å². The summed E-state index contributed by atoms with van der Waals surface area (Å²) in [6, 6.07) is 6.23. The van der Waals surface area contributed by atoms with Gasteiger partial charge in [0.05, 0.1) is 6.10 Å². The summed E-state index contributed by atoms with van der Waals surface area (Å²) in [7, 11) is 2.10. The molecule has 0 bridgehead atoms. The van der Waals surface area contributed by atoms with Crippen LogP contribution >= 0.6 is 0 Å². The predicted octanol–water partition coefficient (Wildman–Crippen LogP) is 4.09. The molecule has 0 radical (unpaired) electrons. The van der Waals surface area contributed by atoms with E-state index in [1.807, 2.05) is 12.3 Å². The molecular weight excluding hydrogens is 286 g/mol. The standard InChI is InChI=1S/C15H17N3.C4H8O/c1-10-7-13(9-18(3)11(10)2)14-8-12-5-4-6-16-15(12)17-14;1-3-4(2)5/h4-6,8-9H,7H2,1-3H3,(H,16,17);3-5H,1H2,2H3. The SMILES string of the molecule is C=CC(C)O.CC1=C(C)N(C)C=C(c2cc3cccnc3[nH]2)C1. The lowest BCUT2D eigenvalue weighted by molar-refractivity contribution is 0.244. The van der Waals surface area contributed by atoms with Crippen molar-refractivity contribution in [3.63, 3.8) is 0 Å². The van der Waals surface area contributed by atoms with E-state index in [1.165, 1.54) is 34.0 Å². The van der Waals surface area contributed by atoms with Crippen molar-refractivity contribution in [2.75, 3.05) is 7.05 Å². The molecule has 1 atom stereocenters. The largest absolute Gasteiger partial charge is 0.389 e. The number of aliphatic hydroxyl groups excluding tert-OH is 1. The van der Waals surface area contributed by atoms with E-state index in [0.717, 1.165) is 12.1 Å². The van der Waals surface area contributed by atoms with Crippen LogP contribution < -0.4 is 0 Å². The van der Waals surface area contributed by atoms with Crippen LogP contribution in [0.4, 0.5) is 0 Å². The number of hydrogen-bond acceptors (Lipinski definition) is 3. The van der Waals surface area contributed by atoms with Gasteiger partial charge in [-0.15, -0.1) is 6.58 Å². The molecule has 3 heterocycles. The van der Waals surface area contributed by atoms with Gasteiger partial charge in [0.15, 0.2) is 0 Å². The molecule has 0 saturated carbocycles. The topological polar surface area (TPSA) is 52.1 Å². The summed E-state index contributed by atoms with van der Waals surface area (Å²) in [6.45, 7) is 9.33. The third-order valence-corrected chi connectivity index (χ3v) is 4.03. The number of aromatic amines is 1. The highest BCUT2D eigenvalue weighted by Crippen LogP contribution is 2.30. The number of pyridine rings is 1. The molecular formula is C19H25N3O. The molecule has 0 saturated heterocycles.